The zero-order valence-corrected chi connectivity index (χ0v) is 10.5. The Morgan fingerprint density at radius 2 is 2.00 bits per heavy atom. The maximum Gasteiger partial charge on any atom is 0.158 e. The number of aromatic nitrogens is 2. The Labute approximate surface area is 105 Å². The molecular formula is C12H15ClN4. The van der Waals surface area contributed by atoms with Crippen LogP contribution in [0.2, 0.25) is 5.02 Å². The second-order valence-corrected chi connectivity index (χ2v) is 4.96. The first-order chi connectivity index (χ1) is 8.24. The number of H-pyrrole nitrogens is 1. The molecule has 2 heterocycles. The number of hydrogen-bond acceptors (Lipinski definition) is 3. The molecular weight excluding hydrogens is 236 g/mol. The molecule has 0 aliphatic carbocycles. The van der Waals surface area contributed by atoms with Gasteiger partial charge < -0.3 is 9.80 Å². The standard InChI is InChI=1S/C12H15ClN4/c1-16-4-6-17(7-5-16)12-10-8-9(13)2-3-11(10)14-15-12/h2-3,8H,4-7H2,1H3,(H,14,15). The van der Waals surface area contributed by atoms with Gasteiger partial charge in [-0.3, -0.25) is 5.10 Å². The lowest BCUT2D eigenvalue weighted by Gasteiger charge is -2.32. The molecule has 1 N–H and O–H groups in total. The number of aromatic amines is 1. The van der Waals surface area contributed by atoms with Crippen LogP contribution in [0.5, 0.6) is 0 Å². The van der Waals surface area contributed by atoms with Crippen LogP contribution >= 0.6 is 11.6 Å². The van der Waals surface area contributed by atoms with E-state index in [1.807, 2.05) is 18.2 Å². The Hall–Kier alpha value is -1.26. The summed E-state index contributed by atoms with van der Waals surface area (Å²) in [6.45, 7) is 4.19. The molecule has 0 spiro atoms. The molecule has 1 saturated heterocycles. The number of likely N-dealkylation sites (N-methyl/N-ethyl adjacent to an activating group) is 1. The number of benzene rings is 1. The summed E-state index contributed by atoms with van der Waals surface area (Å²) in [4.78, 5) is 4.65. The summed E-state index contributed by atoms with van der Waals surface area (Å²) < 4.78 is 0. The van der Waals surface area contributed by atoms with Crippen molar-refractivity contribution in [2.45, 2.75) is 0 Å². The number of hydrogen-bond donors (Lipinski definition) is 1. The van der Waals surface area contributed by atoms with Crippen LogP contribution in [-0.4, -0.2) is 48.3 Å². The third-order valence-electron chi connectivity index (χ3n) is 3.31. The molecule has 3 rings (SSSR count). The van der Waals surface area contributed by atoms with E-state index in [1.165, 1.54) is 0 Å². The van der Waals surface area contributed by atoms with E-state index in [2.05, 4.69) is 27.0 Å². The molecule has 0 amide bonds. The minimum atomic E-state index is 0.759. The van der Waals surface area contributed by atoms with E-state index < -0.39 is 0 Å². The van der Waals surface area contributed by atoms with Crippen molar-refractivity contribution in [3.05, 3.63) is 23.2 Å². The van der Waals surface area contributed by atoms with Gasteiger partial charge >= 0.3 is 0 Å². The van der Waals surface area contributed by atoms with Gasteiger partial charge in [0.15, 0.2) is 5.82 Å². The molecule has 1 aromatic carbocycles. The van der Waals surface area contributed by atoms with Crippen LogP contribution in [0.4, 0.5) is 5.82 Å². The van der Waals surface area contributed by atoms with Crippen molar-refractivity contribution < 1.29 is 0 Å². The molecule has 90 valence electrons. The zero-order valence-electron chi connectivity index (χ0n) is 9.78. The summed E-state index contributed by atoms with van der Waals surface area (Å²) >= 11 is 6.04. The highest BCUT2D eigenvalue weighted by atomic mass is 35.5. The molecule has 1 aromatic heterocycles. The number of rotatable bonds is 1. The highest BCUT2D eigenvalue weighted by molar-refractivity contribution is 6.31. The fourth-order valence-electron chi connectivity index (χ4n) is 2.23. The quantitative estimate of drug-likeness (QED) is 0.841. The Balaban J connectivity index is 1.97. The lowest BCUT2D eigenvalue weighted by Crippen LogP contribution is -2.44. The molecule has 0 saturated carbocycles. The smallest absolute Gasteiger partial charge is 0.158 e. The molecule has 0 radical (unpaired) electrons. The SMILES string of the molecule is CN1CCN(c2n[nH]c3ccc(Cl)cc23)CC1. The number of nitrogens with one attached hydrogen (secondary N) is 1. The van der Waals surface area contributed by atoms with Gasteiger partial charge in [-0.15, -0.1) is 0 Å². The first-order valence-electron chi connectivity index (χ1n) is 5.81. The maximum atomic E-state index is 6.04. The monoisotopic (exact) mass is 250 g/mol. The van der Waals surface area contributed by atoms with Crippen molar-refractivity contribution in [1.82, 2.24) is 15.1 Å². The molecule has 0 unspecified atom stereocenters. The first-order valence-corrected chi connectivity index (χ1v) is 6.19. The van der Waals surface area contributed by atoms with Crippen LogP contribution in [0.25, 0.3) is 10.9 Å². The second-order valence-electron chi connectivity index (χ2n) is 4.53. The third-order valence-corrected chi connectivity index (χ3v) is 3.54. The minimum absolute atomic E-state index is 0.759. The van der Waals surface area contributed by atoms with Crippen LogP contribution in [0.1, 0.15) is 0 Å². The van der Waals surface area contributed by atoms with Gasteiger partial charge in [0, 0.05) is 36.6 Å². The van der Waals surface area contributed by atoms with Crippen LogP contribution in [0, 0.1) is 0 Å². The van der Waals surface area contributed by atoms with Crippen molar-refractivity contribution in [2.24, 2.45) is 0 Å². The summed E-state index contributed by atoms with van der Waals surface area (Å²) in [5.74, 6) is 1.02. The Morgan fingerprint density at radius 3 is 2.76 bits per heavy atom. The predicted octanol–water partition coefficient (Wildman–Crippen LogP) is 1.97. The second kappa shape index (κ2) is 4.20. The minimum Gasteiger partial charge on any atom is -0.352 e. The summed E-state index contributed by atoms with van der Waals surface area (Å²) in [7, 11) is 2.15. The van der Waals surface area contributed by atoms with Gasteiger partial charge in [-0.05, 0) is 25.2 Å². The van der Waals surface area contributed by atoms with Crippen molar-refractivity contribution in [1.29, 1.82) is 0 Å². The van der Waals surface area contributed by atoms with Gasteiger partial charge in [0.25, 0.3) is 0 Å². The fraction of sp³-hybridized carbons (Fsp3) is 0.417. The van der Waals surface area contributed by atoms with Gasteiger partial charge in [-0.2, -0.15) is 5.10 Å². The van der Waals surface area contributed by atoms with Gasteiger partial charge in [0.1, 0.15) is 0 Å². The Morgan fingerprint density at radius 1 is 1.24 bits per heavy atom. The lowest BCUT2D eigenvalue weighted by molar-refractivity contribution is 0.312. The number of fused-ring (bicyclic) bond motifs is 1. The van der Waals surface area contributed by atoms with E-state index >= 15 is 0 Å². The van der Waals surface area contributed by atoms with E-state index in [0.717, 1.165) is 47.9 Å². The van der Waals surface area contributed by atoms with Crippen LogP contribution in [0.15, 0.2) is 18.2 Å². The summed E-state index contributed by atoms with van der Waals surface area (Å²) in [6.07, 6.45) is 0. The van der Waals surface area contributed by atoms with Gasteiger partial charge in [-0.25, -0.2) is 0 Å². The molecule has 5 heteroatoms. The van der Waals surface area contributed by atoms with E-state index in [4.69, 9.17) is 11.6 Å². The predicted molar refractivity (Wildman–Crippen MR) is 70.8 cm³/mol. The maximum absolute atomic E-state index is 6.04. The molecule has 17 heavy (non-hydrogen) atoms. The van der Waals surface area contributed by atoms with Gasteiger partial charge in [-0.1, -0.05) is 11.6 Å². The highest BCUT2D eigenvalue weighted by Crippen LogP contribution is 2.27. The molecule has 1 fully saturated rings. The molecule has 0 bridgehead atoms. The zero-order chi connectivity index (χ0) is 11.8. The van der Waals surface area contributed by atoms with E-state index in [1.54, 1.807) is 0 Å². The van der Waals surface area contributed by atoms with E-state index in [9.17, 15) is 0 Å². The number of piperazine rings is 1. The Kier molecular flexibility index (Phi) is 2.68. The van der Waals surface area contributed by atoms with Crippen LogP contribution in [0.3, 0.4) is 0 Å². The number of anilines is 1. The molecule has 4 nitrogen and oxygen atoms in total. The first kappa shape index (κ1) is 10.9. The molecule has 1 aliphatic rings. The molecule has 0 atom stereocenters. The molecule has 2 aromatic rings. The number of nitrogens with zero attached hydrogens (tertiary/aromatic N) is 3. The lowest BCUT2D eigenvalue weighted by atomic mass is 10.2. The molecule has 1 aliphatic heterocycles. The fourth-order valence-corrected chi connectivity index (χ4v) is 2.40. The summed E-state index contributed by atoms with van der Waals surface area (Å²) in [6, 6.07) is 5.84. The average Bonchev–Trinajstić information content (AvgIpc) is 2.73. The van der Waals surface area contributed by atoms with Crippen molar-refractivity contribution in [3.8, 4) is 0 Å². The Bertz CT molecular complexity index is 528. The van der Waals surface area contributed by atoms with E-state index in [0.29, 0.717) is 0 Å². The van der Waals surface area contributed by atoms with Crippen LogP contribution < -0.4 is 4.90 Å². The number of halogens is 1. The highest BCUT2D eigenvalue weighted by Gasteiger charge is 2.18. The normalized spacial score (nSPS) is 17.9. The van der Waals surface area contributed by atoms with E-state index in [-0.39, 0.29) is 0 Å². The van der Waals surface area contributed by atoms with Crippen molar-refractivity contribution in [3.63, 3.8) is 0 Å². The van der Waals surface area contributed by atoms with Crippen LogP contribution in [-0.2, 0) is 0 Å². The third kappa shape index (κ3) is 1.98. The summed E-state index contributed by atoms with van der Waals surface area (Å²) in [5, 5.41) is 9.34. The topological polar surface area (TPSA) is 35.2 Å². The van der Waals surface area contributed by atoms with Crippen molar-refractivity contribution in [2.75, 3.05) is 38.1 Å². The van der Waals surface area contributed by atoms with Crippen molar-refractivity contribution >= 4 is 28.3 Å². The van der Waals surface area contributed by atoms with Gasteiger partial charge in [0.05, 0.1) is 5.52 Å². The summed E-state index contributed by atoms with van der Waals surface area (Å²) in [5.41, 5.74) is 1.04. The largest absolute Gasteiger partial charge is 0.352 e. The van der Waals surface area contributed by atoms with Gasteiger partial charge in [0.2, 0.25) is 0 Å². The average molecular weight is 251 g/mol.